The van der Waals surface area contributed by atoms with Crippen LogP contribution in [0.25, 0.3) is 0 Å². The van der Waals surface area contributed by atoms with E-state index < -0.39 is 5.82 Å². The highest BCUT2D eigenvalue weighted by Gasteiger charge is 2.18. The monoisotopic (exact) mass is 215 g/mol. The third-order valence-electron chi connectivity index (χ3n) is 2.53. The van der Waals surface area contributed by atoms with Crippen LogP contribution in [0, 0.1) is 19.7 Å². The molecule has 0 saturated heterocycles. The van der Waals surface area contributed by atoms with Crippen molar-refractivity contribution in [1.29, 1.82) is 0 Å². The maximum Gasteiger partial charge on any atom is 0.147 e. The Kier molecular flexibility index (Phi) is 3.05. The standard InChI is InChI=1S/C11H15ClFN/c1-5(2)8-6(3)9(12)10(13)7(4)11(8)14/h5H,14H2,1-4H3. The summed E-state index contributed by atoms with van der Waals surface area (Å²) in [5.74, 6) is -0.141. The van der Waals surface area contributed by atoms with E-state index in [-0.39, 0.29) is 10.9 Å². The van der Waals surface area contributed by atoms with Gasteiger partial charge in [-0.25, -0.2) is 4.39 Å². The Hall–Kier alpha value is -0.760. The summed E-state index contributed by atoms with van der Waals surface area (Å²) in [5, 5.41) is 0.195. The van der Waals surface area contributed by atoms with Crippen LogP contribution in [0.15, 0.2) is 0 Å². The Balaban J connectivity index is 3.60. The molecule has 1 aromatic carbocycles. The molecule has 0 amide bonds. The molecule has 0 aliphatic heterocycles. The van der Waals surface area contributed by atoms with Crippen molar-refractivity contribution < 1.29 is 4.39 Å². The molecule has 14 heavy (non-hydrogen) atoms. The van der Waals surface area contributed by atoms with Crippen LogP contribution in [0.4, 0.5) is 10.1 Å². The van der Waals surface area contributed by atoms with E-state index in [4.69, 9.17) is 17.3 Å². The molecule has 0 radical (unpaired) electrons. The molecule has 0 aliphatic carbocycles. The minimum absolute atomic E-state index is 0.195. The van der Waals surface area contributed by atoms with Gasteiger partial charge in [0.2, 0.25) is 0 Å². The summed E-state index contributed by atoms with van der Waals surface area (Å²) in [5.41, 5.74) is 8.54. The molecule has 0 aliphatic rings. The van der Waals surface area contributed by atoms with Crippen molar-refractivity contribution in [2.75, 3.05) is 5.73 Å². The molecule has 0 heterocycles. The Morgan fingerprint density at radius 3 is 2.14 bits per heavy atom. The summed E-state index contributed by atoms with van der Waals surface area (Å²) in [6, 6.07) is 0. The zero-order valence-electron chi connectivity index (χ0n) is 8.91. The second-order valence-corrected chi connectivity index (χ2v) is 4.24. The average Bonchev–Trinajstić information content (AvgIpc) is 2.11. The van der Waals surface area contributed by atoms with Crippen molar-refractivity contribution in [2.24, 2.45) is 0 Å². The number of hydrogen-bond acceptors (Lipinski definition) is 1. The van der Waals surface area contributed by atoms with Gasteiger partial charge in [0.1, 0.15) is 5.82 Å². The maximum absolute atomic E-state index is 13.5. The lowest BCUT2D eigenvalue weighted by atomic mass is 9.93. The smallest absolute Gasteiger partial charge is 0.147 e. The first kappa shape index (κ1) is 11.3. The fraction of sp³-hybridized carbons (Fsp3) is 0.455. The van der Waals surface area contributed by atoms with Crippen LogP contribution >= 0.6 is 11.6 Å². The van der Waals surface area contributed by atoms with Crippen LogP contribution in [0.3, 0.4) is 0 Å². The fourth-order valence-electron chi connectivity index (χ4n) is 1.71. The number of nitrogen functional groups attached to an aromatic ring is 1. The highest BCUT2D eigenvalue weighted by molar-refractivity contribution is 6.31. The summed E-state index contributed by atoms with van der Waals surface area (Å²) in [7, 11) is 0. The van der Waals surface area contributed by atoms with Crippen LogP contribution in [-0.4, -0.2) is 0 Å². The van der Waals surface area contributed by atoms with Gasteiger partial charge in [-0.3, -0.25) is 0 Å². The highest BCUT2D eigenvalue weighted by atomic mass is 35.5. The molecule has 3 heteroatoms. The molecule has 0 bridgehead atoms. The van der Waals surface area contributed by atoms with Crippen molar-refractivity contribution in [1.82, 2.24) is 0 Å². The lowest BCUT2D eigenvalue weighted by Gasteiger charge is -2.17. The van der Waals surface area contributed by atoms with Gasteiger partial charge in [0.25, 0.3) is 0 Å². The van der Waals surface area contributed by atoms with Crippen LogP contribution in [0.2, 0.25) is 5.02 Å². The zero-order valence-corrected chi connectivity index (χ0v) is 9.67. The second-order valence-electron chi connectivity index (χ2n) is 3.86. The third-order valence-corrected chi connectivity index (χ3v) is 2.98. The van der Waals surface area contributed by atoms with E-state index in [2.05, 4.69) is 0 Å². The average molecular weight is 216 g/mol. The minimum Gasteiger partial charge on any atom is -0.398 e. The van der Waals surface area contributed by atoms with E-state index in [1.807, 2.05) is 13.8 Å². The third kappa shape index (κ3) is 1.59. The molecule has 0 atom stereocenters. The molecule has 0 saturated carbocycles. The Morgan fingerprint density at radius 1 is 1.21 bits per heavy atom. The molecule has 0 spiro atoms. The van der Waals surface area contributed by atoms with Crippen molar-refractivity contribution >= 4 is 17.3 Å². The van der Waals surface area contributed by atoms with Gasteiger partial charge in [-0.2, -0.15) is 0 Å². The normalized spacial score (nSPS) is 11.1. The van der Waals surface area contributed by atoms with Gasteiger partial charge in [0, 0.05) is 11.3 Å². The Bertz CT molecular complexity index is 343. The first-order valence-corrected chi connectivity index (χ1v) is 4.99. The lowest BCUT2D eigenvalue weighted by Crippen LogP contribution is -2.05. The number of anilines is 1. The van der Waals surface area contributed by atoms with E-state index in [1.165, 1.54) is 0 Å². The van der Waals surface area contributed by atoms with Crippen LogP contribution < -0.4 is 5.73 Å². The van der Waals surface area contributed by atoms with E-state index in [1.54, 1.807) is 13.8 Å². The molecule has 0 aromatic heterocycles. The van der Waals surface area contributed by atoms with Gasteiger partial charge in [-0.15, -0.1) is 0 Å². The van der Waals surface area contributed by atoms with Crippen LogP contribution in [-0.2, 0) is 0 Å². The van der Waals surface area contributed by atoms with Gasteiger partial charge < -0.3 is 5.73 Å². The predicted octanol–water partition coefficient (Wildman–Crippen LogP) is 3.80. The molecule has 1 nitrogen and oxygen atoms in total. The number of rotatable bonds is 1. The summed E-state index contributed by atoms with van der Waals surface area (Å²) >= 11 is 5.87. The van der Waals surface area contributed by atoms with Crippen molar-refractivity contribution in [2.45, 2.75) is 33.6 Å². The molecule has 1 aromatic rings. The largest absolute Gasteiger partial charge is 0.398 e. The summed E-state index contributed by atoms with van der Waals surface area (Å²) < 4.78 is 13.5. The Morgan fingerprint density at radius 2 is 1.71 bits per heavy atom. The first-order chi connectivity index (χ1) is 6.37. The second kappa shape index (κ2) is 3.77. The number of hydrogen-bond donors (Lipinski definition) is 1. The number of halogens is 2. The number of nitrogens with two attached hydrogens (primary N) is 1. The van der Waals surface area contributed by atoms with Crippen molar-refractivity contribution in [3.63, 3.8) is 0 Å². The molecular formula is C11H15ClFN. The van der Waals surface area contributed by atoms with Crippen LogP contribution in [0.1, 0.15) is 36.5 Å². The summed E-state index contributed by atoms with van der Waals surface area (Å²) in [6.07, 6.45) is 0. The number of benzene rings is 1. The first-order valence-electron chi connectivity index (χ1n) is 4.61. The molecule has 0 fully saturated rings. The van der Waals surface area contributed by atoms with Gasteiger partial charge in [-0.05, 0) is 30.9 Å². The fourth-order valence-corrected chi connectivity index (χ4v) is 1.96. The molecule has 78 valence electrons. The van der Waals surface area contributed by atoms with E-state index in [0.29, 0.717) is 11.3 Å². The van der Waals surface area contributed by atoms with Gasteiger partial charge >= 0.3 is 0 Å². The molecular weight excluding hydrogens is 201 g/mol. The topological polar surface area (TPSA) is 26.0 Å². The van der Waals surface area contributed by atoms with E-state index in [0.717, 1.165) is 11.1 Å². The zero-order chi connectivity index (χ0) is 11.0. The quantitative estimate of drug-likeness (QED) is 0.709. The predicted molar refractivity (Wildman–Crippen MR) is 59.4 cm³/mol. The molecule has 1 rings (SSSR count). The SMILES string of the molecule is Cc1c(N)c(C(C)C)c(C)c(Cl)c1F. The van der Waals surface area contributed by atoms with Crippen molar-refractivity contribution in [3.8, 4) is 0 Å². The summed E-state index contributed by atoms with van der Waals surface area (Å²) in [4.78, 5) is 0. The Labute approximate surface area is 89.1 Å². The highest BCUT2D eigenvalue weighted by Crippen LogP contribution is 2.35. The van der Waals surface area contributed by atoms with Crippen LogP contribution in [0.5, 0.6) is 0 Å². The minimum atomic E-state index is -0.397. The lowest BCUT2D eigenvalue weighted by molar-refractivity contribution is 0.616. The summed E-state index contributed by atoms with van der Waals surface area (Å²) in [6.45, 7) is 7.50. The van der Waals surface area contributed by atoms with E-state index in [9.17, 15) is 4.39 Å². The van der Waals surface area contributed by atoms with E-state index >= 15 is 0 Å². The van der Waals surface area contributed by atoms with Gasteiger partial charge in [-0.1, -0.05) is 25.4 Å². The maximum atomic E-state index is 13.5. The molecule has 2 N–H and O–H groups in total. The van der Waals surface area contributed by atoms with Crippen molar-refractivity contribution in [3.05, 3.63) is 27.5 Å². The van der Waals surface area contributed by atoms with Gasteiger partial charge in [0.05, 0.1) is 5.02 Å². The molecule has 0 unspecified atom stereocenters. The van der Waals surface area contributed by atoms with Gasteiger partial charge in [0.15, 0.2) is 0 Å².